The second-order valence-corrected chi connectivity index (χ2v) is 6.03. The van der Waals surface area contributed by atoms with Crippen molar-refractivity contribution in [1.82, 2.24) is 0 Å². The molecule has 0 aromatic carbocycles. The van der Waals surface area contributed by atoms with E-state index in [1.54, 1.807) is 13.2 Å². The number of nitrogens with two attached hydrogens (primary N) is 1. The molecule has 0 radical (unpaired) electrons. The fraction of sp³-hybridized carbons (Fsp3) is 0.611. The highest BCUT2D eigenvalue weighted by Gasteiger charge is 2.24. The van der Waals surface area contributed by atoms with Gasteiger partial charge in [0.05, 0.1) is 0 Å². The van der Waals surface area contributed by atoms with Crippen molar-refractivity contribution in [2.24, 2.45) is 28.5 Å². The zero-order valence-electron chi connectivity index (χ0n) is 13.7. The lowest BCUT2D eigenvalue weighted by Crippen LogP contribution is -2.18. The van der Waals surface area contributed by atoms with Gasteiger partial charge in [-0.3, -0.25) is 4.99 Å². The summed E-state index contributed by atoms with van der Waals surface area (Å²) in [5.74, 6) is 1.74. The van der Waals surface area contributed by atoms with Gasteiger partial charge in [0.15, 0.2) is 0 Å². The lowest BCUT2D eigenvalue weighted by atomic mass is 9.76. The Balaban J connectivity index is 3.13. The fourth-order valence-corrected chi connectivity index (χ4v) is 2.85. The highest BCUT2D eigenvalue weighted by Crippen LogP contribution is 2.36. The van der Waals surface area contributed by atoms with Gasteiger partial charge in [-0.2, -0.15) is 0 Å². The highest BCUT2D eigenvalue weighted by atomic mass is 14.6. The Morgan fingerprint density at radius 2 is 2.10 bits per heavy atom. The molecule has 1 aliphatic rings. The molecule has 0 heterocycles. The lowest BCUT2D eigenvalue weighted by molar-refractivity contribution is 0.445. The van der Waals surface area contributed by atoms with Crippen molar-refractivity contribution in [3.63, 3.8) is 0 Å². The summed E-state index contributed by atoms with van der Waals surface area (Å²) in [5.41, 5.74) is 9.54. The Morgan fingerprint density at radius 3 is 2.60 bits per heavy atom. The van der Waals surface area contributed by atoms with Crippen LogP contribution >= 0.6 is 0 Å². The molecule has 2 unspecified atom stereocenters. The van der Waals surface area contributed by atoms with Crippen molar-refractivity contribution >= 4 is 6.21 Å². The van der Waals surface area contributed by atoms with Crippen LogP contribution in [0.25, 0.3) is 0 Å². The molecule has 0 saturated heterocycles. The molecule has 2 atom stereocenters. The van der Waals surface area contributed by atoms with Crippen LogP contribution in [0.15, 0.2) is 40.1 Å². The predicted octanol–water partition coefficient (Wildman–Crippen LogP) is 4.49. The largest absolute Gasteiger partial charge is 0.404 e. The molecule has 0 fully saturated rings. The van der Waals surface area contributed by atoms with Gasteiger partial charge in [-0.15, -0.1) is 0 Å². The first-order chi connectivity index (χ1) is 9.54. The van der Waals surface area contributed by atoms with E-state index in [0.29, 0.717) is 17.8 Å². The van der Waals surface area contributed by atoms with E-state index in [4.69, 9.17) is 5.73 Å². The van der Waals surface area contributed by atoms with Crippen molar-refractivity contribution in [3.05, 3.63) is 35.1 Å². The number of hydrogen-bond acceptors (Lipinski definition) is 2. The Hall–Kier alpha value is -1.31. The van der Waals surface area contributed by atoms with Gasteiger partial charge in [-0.25, -0.2) is 0 Å². The number of hydrogen-bond donors (Lipinski definition) is 1. The van der Waals surface area contributed by atoms with Crippen molar-refractivity contribution in [3.8, 4) is 0 Å². The summed E-state index contributed by atoms with van der Waals surface area (Å²) in [7, 11) is 1.79. The summed E-state index contributed by atoms with van der Waals surface area (Å²) >= 11 is 0. The Labute approximate surface area is 124 Å². The molecule has 0 bridgehead atoms. The van der Waals surface area contributed by atoms with E-state index in [1.807, 2.05) is 6.21 Å². The molecule has 1 aliphatic carbocycles. The predicted molar refractivity (Wildman–Crippen MR) is 89.9 cm³/mol. The SMILES string of the molecule is CCCCC1C=C(C(C=NC)=CN)C(C(C)C)=CC1C. The molecule has 2 nitrogen and oxygen atoms in total. The van der Waals surface area contributed by atoms with Crippen LogP contribution in [0.5, 0.6) is 0 Å². The van der Waals surface area contributed by atoms with Gasteiger partial charge < -0.3 is 5.73 Å². The Morgan fingerprint density at radius 1 is 1.40 bits per heavy atom. The maximum atomic E-state index is 5.81. The number of nitrogens with zero attached hydrogens (tertiary/aromatic N) is 1. The second kappa shape index (κ2) is 8.08. The minimum atomic E-state index is 0.510. The fourth-order valence-electron chi connectivity index (χ4n) is 2.85. The molecule has 2 N–H and O–H groups in total. The first-order valence-electron chi connectivity index (χ1n) is 7.83. The maximum absolute atomic E-state index is 5.81. The molecule has 0 aliphatic heterocycles. The van der Waals surface area contributed by atoms with Crippen LogP contribution in [0.1, 0.15) is 47.0 Å². The summed E-state index contributed by atoms with van der Waals surface area (Å²) < 4.78 is 0. The van der Waals surface area contributed by atoms with Gasteiger partial charge in [0.25, 0.3) is 0 Å². The lowest BCUT2D eigenvalue weighted by Gasteiger charge is -2.29. The topological polar surface area (TPSA) is 38.4 Å². The quantitative estimate of drug-likeness (QED) is 0.712. The van der Waals surface area contributed by atoms with E-state index in [0.717, 1.165) is 5.57 Å². The first-order valence-corrected chi connectivity index (χ1v) is 7.83. The van der Waals surface area contributed by atoms with Crippen LogP contribution in [-0.4, -0.2) is 13.3 Å². The average molecular weight is 274 g/mol. The van der Waals surface area contributed by atoms with Crippen LogP contribution < -0.4 is 5.73 Å². The number of rotatable bonds is 6. The standard InChI is InChI=1S/C18H30N2/c1-6-7-8-15-10-18(16(11-19)12-20-5)17(13(2)3)9-14(15)4/h9-15H,6-8,19H2,1-5H3. The van der Waals surface area contributed by atoms with Gasteiger partial charge in [0, 0.05) is 25.0 Å². The minimum Gasteiger partial charge on any atom is -0.404 e. The van der Waals surface area contributed by atoms with E-state index in [2.05, 4.69) is 44.8 Å². The van der Waals surface area contributed by atoms with E-state index >= 15 is 0 Å². The Bertz CT molecular complexity index is 425. The van der Waals surface area contributed by atoms with Crippen LogP contribution in [0.3, 0.4) is 0 Å². The van der Waals surface area contributed by atoms with Gasteiger partial charge in [-0.1, -0.05) is 52.7 Å². The monoisotopic (exact) mass is 274 g/mol. The maximum Gasteiger partial charge on any atom is 0.0301 e. The third-order valence-electron chi connectivity index (χ3n) is 4.08. The van der Waals surface area contributed by atoms with Gasteiger partial charge in [-0.05, 0) is 35.3 Å². The van der Waals surface area contributed by atoms with Crippen LogP contribution in [0, 0.1) is 17.8 Å². The molecule has 2 heteroatoms. The van der Waals surface area contributed by atoms with Crippen molar-refractivity contribution in [1.29, 1.82) is 0 Å². The summed E-state index contributed by atoms with van der Waals surface area (Å²) in [6.45, 7) is 9.07. The summed E-state index contributed by atoms with van der Waals surface area (Å²) in [5, 5.41) is 0. The van der Waals surface area contributed by atoms with Crippen LogP contribution in [0.4, 0.5) is 0 Å². The van der Waals surface area contributed by atoms with E-state index in [9.17, 15) is 0 Å². The number of unbranched alkanes of at least 4 members (excludes halogenated alkanes) is 1. The highest BCUT2D eigenvalue weighted by molar-refractivity contribution is 5.87. The summed E-state index contributed by atoms with van der Waals surface area (Å²) in [6.07, 6.45) is 12.2. The number of allylic oxidation sites excluding steroid dienone is 5. The van der Waals surface area contributed by atoms with Gasteiger partial charge >= 0.3 is 0 Å². The molecule has 0 spiro atoms. The van der Waals surface area contributed by atoms with E-state index < -0.39 is 0 Å². The molecule has 0 saturated carbocycles. The smallest absolute Gasteiger partial charge is 0.0301 e. The van der Waals surface area contributed by atoms with Crippen molar-refractivity contribution in [2.75, 3.05) is 7.05 Å². The van der Waals surface area contributed by atoms with Gasteiger partial charge in [0.1, 0.15) is 0 Å². The molecule has 0 amide bonds. The minimum absolute atomic E-state index is 0.510. The van der Waals surface area contributed by atoms with Crippen molar-refractivity contribution < 1.29 is 0 Å². The van der Waals surface area contributed by atoms with E-state index in [1.165, 1.54) is 30.4 Å². The second-order valence-electron chi connectivity index (χ2n) is 6.03. The normalized spacial score (nSPS) is 24.2. The molecular formula is C18H30N2. The van der Waals surface area contributed by atoms with Crippen molar-refractivity contribution in [2.45, 2.75) is 47.0 Å². The molecule has 0 aromatic rings. The van der Waals surface area contributed by atoms with Crippen LogP contribution in [-0.2, 0) is 0 Å². The Kier molecular flexibility index (Phi) is 6.77. The van der Waals surface area contributed by atoms with E-state index in [-0.39, 0.29) is 0 Å². The summed E-state index contributed by atoms with van der Waals surface area (Å²) in [6, 6.07) is 0. The zero-order chi connectivity index (χ0) is 15.1. The molecule has 0 aromatic heterocycles. The third-order valence-corrected chi connectivity index (χ3v) is 4.08. The number of aliphatic imine (C=N–C) groups is 1. The van der Waals surface area contributed by atoms with Crippen LogP contribution in [0.2, 0.25) is 0 Å². The molecule has 112 valence electrons. The first kappa shape index (κ1) is 16.7. The molecular weight excluding hydrogens is 244 g/mol. The third kappa shape index (κ3) is 4.09. The molecule has 1 rings (SSSR count). The average Bonchev–Trinajstić information content (AvgIpc) is 2.43. The van der Waals surface area contributed by atoms with Gasteiger partial charge in [0.2, 0.25) is 0 Å². The summed E-state index contributed by atoms with van der Waals surface area (Å²) in [4.78, 5) is 4.14. The molecule has 20 heavy (non-hydrogen) atoms. The zero-order valence-corrected chi connectivity index (χ0v) is 13.7.